The monoisotopic (exact) mass is 255 g/mol. The highest BCUT2D eigenvalue weighted by molar-refractivity contribution is 6.02. The van der Waals surface area contributed by atoms with Crippen LogP contribution < -0.4 is 5.73 Å². The molecule has 1 rings (SSSR count). The van der Waals surface area contributed by atoms with Crippen LogP contribution in [0.4, 0.5) is 0 Å². The van der Waals surface area contributed by atoms with Crippen molar-refractivity contribution in [2.24, 2.45) is 16.8 Å². The normalized spacial score (nSPS) is 26.4. The van der Waals surface area contributed by atoms with Gasteiger partial charge in [-0.1, -0.05) is 25.4 Å². The molecule has 18 heavy (non-hydrogen) atoms. The predicted octanol–water partition coefficient (Wildman–Crippen LogP) is 1.94. The Bertz CT molecular complexity index is 317. The molecule has 0 aromatic rings. The van der Waals surface area contributed by atoms with Gasteiger partial charge in [0.15, 0.2) is 5.84 Å². The number of carbonyl (C=O) groups excluding carboxylic acids is 1. The van der Waals surface area contributed by atoms with Crippen LogP contribution in [0, 0.1) is 5.92 Å². The van der Waals surface area contributed by atoms with Gasteiger partial charge in [-0.05, 0) is 32.6 Å². The van der Waals surface area contributed by atoms with Gasteiger partial charge in [0.25, 0.3) is 0 Å². The maximum atomic E-state index is 12.6. The van der Waals surface area contributed by atoms with Crippen molar-refractivity contribution in [3.63, 3.8) is 0 Å². The zero-order valence-corrected chi connectivity index (χ0v) is 11.6. The summed E-state index contributed by atoms with van der Waals surface area (Å²) < 4.78 is 0. The van der Waals surface area contributed by atoms with Crippen LogP contribution in [0.2, 0.25) is 0 Å². The van der Waals surface area contributed by atoms with Crippen molar-refractivity contribution in [3.8, 4) is 0 Å². The van der Waals surface area contributed by atoms with Gasteiger partial charge >= 0.3 is 0 Å². The van der Waals surface area contributed by atoms with E-state index in [0.29, 0.717) is 12.5 Å². The molecular formula is C13H25N3O2. The second-order valence-electron chi connectivity index (χ2n) is 5.10. The summed E-state index contributed by atoms with van der Waals surface area (Å²) in [7, 11) is 0. The lowest BCUT2D eigenvalue weighted by Gasteiger charge is -2.31. The van der Waals surface area contributed by atoms with Gasteiger partial charge in [-0.2, -0.15) is 0 Å². The third-order valence-corrected chi connectivity index (χ3v) is 3.86. The number of amidine groups is 1. The number of amides is 1. The third-order valence-electron chi connectivity index (χ3n) is 3.86. The number of rotatable bonds is 5. The van der Waals surface area contributed by atoms with Crippen molar-refractivity contribution in [2.45, 2.75) is 65.0 Å². The minimum absolute atomic E-state index is 0.0176. The third kappa shape index (κ3) is 2.94. The molecule has 1 fully saturated rings. The molecule has 0 spiro atoms. The van der Waals surface area contributed by atoms with Gasteiger partial charge in [0.2, 0.25) is 5.91 Å². The van der Waals surface area contributed by atoms with Gasteiger partial charge in [-0.3, -0.25) is 4.79 Å². The summed E-state index contributed by atoms with van der Waals surface area (Å²) in [5.41, 5.74) is 5.66. The predicted molar refractivity (Wildman–Crippen MR) is 71.4 cm³/mol. The zero-order chi connectivity index (χ0) is 13.7. The second-order valence-corrected chi connectivity index (χ2v) is 5.10. The SMILES string of the molecule is CCCC(C(=O)N1C(C)CCC1CC)C(N)=NO. The topological polar surface area (TPSA) is 78.9 Å². The van der Waals surface area contributed by atoms with Gasteiger partial charge in [-0.15, -0.1) is 0 Å². The summed E-state index contributed by atoms with van der Waals surface area (Å²) in [6.45, 7) is 6.17. The molecule has 0 aliphatic carbocycles. The highest BCUT2D eigenvalue weighted by Crippen LogP contribution is 2.28. The van der Waals surface area contributed by atoms with Crippen LogP contribution in [0.15, 0.2) is 5.16 Å². The number of carbonyl (C=O) groups is 1. The van der Waals surface area contributed by atoms with Crippen molar-refractivity contribution < 1.29 is 10.0 Å². The molecule has 104 valence electrons. The fourth-order valence-corrected chi connectivity index (χ4v) is 2.81. The summed E-state index contributed by atoms with van der Waals surface area (Å²) in [6, 6.07) is 0.562. The molecule has 1 aliphatic heterocycles. The first-order valence-electron chi connectivity index (χ1n) is 6.86. The maximum absolute atomic E-state index is 12.6. The Morgan fingerprint density at radius 2 is 2.17 bits per heavy atom. The van der Waals surface area contributed by atoms with E-state index in [1.54, 1.807) is 0 Å². The number of nitrogens with zero attached hydrogens (tertiary/aromatic N) is 2. The highest BCUT2D eigenvalue weighted by Gasteiger charge is 2.37. The molecule has 0 aromatic heterocycles. The molecule has 0 saturated carbocycles. The zero-order valence-electron chi connectivity index (χ0n) is 11.6. The summed E-state index contributed by atoms with van der Waals surface area (Å²) >= 11 is 0. The standard InChI is InChI=1S/C13H25N3O2/c1-4-6-11(12(14)15-18)13(17)16-9(3)7-8-10(16)5-2/h9-11,18H,4-8H2,1-3H3,(H2,14,15). The van der Waals surface area contributed by atoms with E-state index in [2.05, 4.69) is 19.0 Å². The molecule has 0 aromatic carbocycles. The molecule has 1 saturated heterocycles. The molecular weight excluding hydrogens is 230 g/mol. The fraction of sp³-hybridized carbons (Fsp3) is 0.846. The van der Waals surface area contributed by atoms with Crippen LogP contribution in [0.5, 0.6) is 0 Å². The Balaban J connectivity index is 2.87. The van der Waals surface area contributed by atoms with Crippen molar-refractivity contribution in [3.05, 3.63) is 0 Å². The quantitative estimate of drug-likeness (QED) is 0.341. The highest BCUT2D eigenvalue weighted by atomic mass is 16.4. The first-order valence-corrected chi connectivity index (χ1v) is 6.86. The van der Waals surface area contributed by atoms with E-state index < -0.39 is 5.92 Å². The first-order chi connectivity index (χ1) is 8.56. The van der Waals surface area contributed by atoms with Crippen LogP contribution >= 0.6 is 0 Å². The fourth-order valence-electron chi connectivity index (χ4n) is 2.81. The molecule has 0 bridgehead atoms. The number of likely N-dealkylation sites (tertiary alicyclic amines) is 1. The Morgan fingerprint density at radius 3 is 2.67 bits per heavy atom. The Labute approximate surface area is 109 Å². The molecule has 0 radical (unpaired) electrons. The lowest BCUT2D eigenvalue weighted by molar-refractivity contribution is -0.136. The van der Waals surface area contributed by atoms with Crippen LogP contribution in [0.25, 0.3) is 0 Å². The smallest absolute Gasteiger partial charge is 0.233 e. The average molecular weight is 255 g/mol. The molecule has 1 heterocycles. The summed E-state index contributed by atoms with van der Waals surface area (Å²) in [4.78, 5) is 14.5. The molecule has 3 unspecified atom stereocenters. The van der Waals surface area contributed by atoms with Crippen LogP contribution in [0.1, 0.15) is 52.9 Å². The van der Waals surface area contributed by atoms with Crippen molar-refractivity contribution in [1.82, 2.24) is 4.90 Å². The number of hydrogen-bond acceptors (Lipinski definition) is 3. The molecule has 1 amide bonds. The van der Waals surface area contributed by atoms with E-state index in [1.807, 2.05) is 11.8 Å². The van der Waals surface area contributed by atoms with Gasteiger partial charge in [0, 0.05) is 12.1 Å². The Hall–Kier alpha value is -1.26. The van der Waals surface area contributed by atoms with Crippen LogP contribution in [-0.2, 0) is 4.79 Å². The van der Waals surface area contributed by atoms with E-state index in [9.17, 15) is 4.79 Å². The van der Waals surface area contributed by atoms with Gasteiger partial charge in [0.05, 0.1) is 5.92 Å². The first kappa shape index (κ1) is 14.8. The molecule has 5 nitrogen and oxygen atoms in total. The molecule has 3 N–H and O–H groups in total. The summed E-state index contributed by atoms with van der Waals surface area (Å²) in [6.07, 6.45) is 4.53. The van der Waals surface area contributed by atoms with E-state index in [4.69, 9.17) is 10.9 Å². The Kier molecular flexibility index (Phi) is 5.44. The number of hydrogen-bond donors (Lipinski definition) is 2. The minimum Gasteiger partial charge on any atom is -0.409 e. The van der Waals surface area contributed by atoms with Crippen molar-refractivity contribution in [1.29, 1.82) is 0 Å². The van der Waals surface area contributed by atoms with Gasteiger partial charge in [-0.25, -0.2) is 0 Å². The number of oxime groups is 1. The molecule has 3 atom stereocenters. The van der Waals surface area contributed by atoms with Crippen LogP contribution in [0.3, 0.4) is 0 Å². The lowest BCUT2D eigenvalue weighted by Crippen LogP contribution is -2.46. The van der Waals surface area contributed by atoms with E-state index in [-0.39, 0.29) is 17.8 Å². The minimum atomic E-state index is -0.477. The largest absolute Gasteiger partial charge is 0.409 e. The van der Waals surface area contributed by atoms with E-state index >= 15 is 0 Å². The lowest BCUT2D eigenvalue weighted by atomic mass is 9.99. The number of nitrogens with two attached hydrogens (primary N) is 1. The summed E-state index contributed by atoms with van der Waals surface area (Å²) in [5, 5.41) is 11.8. The van der Waals surface area contributed by atoms with E-state index in [0.717, 1.165) is 25.7 Å². The van der Waals surface area contributed by atoms with Gasteiger partial charge in [0.1, 0.15) is 0 Å². The van der Waals surface area contributed by atoms with Crippen molar-refractivity contribution >= 4 is 11.7 Å². The van der Waals surface area contributed by atoms with E-state index in [1.165, 1.54) is 0 Å². The maximum Gasteiger partial charge on any atom is 0.233 e. The Morgan fingerprint density at radius 1 is 1.50 bits per heavy atom. The van der Waals surface area contributed by atoms with Crippen molar-refractivity contribution in [2.75, 3.05) is 0 Å². The molecule has 5 heteroatoms. The second kappa shape index (κ2) is 6.61. The summed E-state index contributed by atoms with van der Waals surface area (Å²) in [5.74, 6) is -0.422. The molecule has 1 aliphatic rings. The van der Waals surface area contributed by atoms with Gasteiger partial charge < -0.3 is 15.8 Å². The average Bonchev–Trinajstić information content (AvgIpc) is 2.75. The van der Waals surface area contributed by atoms with Crippen LogP contribution in [-0.4, -0.2) is 33.9 Å².